The van der Waals surface area contributed by atoms with Gasteiger partial charge in [-0.05, 0) is 0 Å². The lowest BCUT2D eigenvalue weighted by Gasteiger charge is -2.02. The zero-order chi connectivity index (χ0) is 11.4. The van der Waals surface area contributed by atoms with Crippen molar-refractivity contribution in [1.29, 1.82) is 0 Å². The molecule has 6 nitrogen and oxygen atoms in total. The summed E-state index contributed by atoms with van der Waals surface area (Å²) in [5, 5.41) is 49.2. The molecule has 0 aromatic rings. The van der Waals surface area contributed by atoms with Gasteiger partial charge in [0.15, 0.2) is 0 Å². The molecule has 0 atom stereocenters. The highest BCUT2D eigenvalue weighted by Gasteiger charge is 2.00. The molecule has 0 spiro atoms. The van der Waals surface area contributed by atoms with Crippen molar-refractivity contribution in [3.05, 3.63) is 0 Å². The van der Waals surface area contributed by atoms with Gasteiger partial charge in [0.2, 0.25) is 0 Å². The normalized spacial score (nSPS) is 10.3. The minimum atomic E-state index is -0.347. The van der Waals surface area contributed by atoms with Gasteiger partial charge in [-0.3, -0.25) is 0 Å². The van der Waals surface area contributed by atoms with Crippen LogP contribution in [0.15, 0.2) is 0 Å². The van der Waals surface area contributed by atoms with E-state index in [9.17, 15) is 0 Å². The molecule has 0 aliphatic rings. The summed E-state index contributed by atoms with van der Waals surface area (Å²) in [7, 11) is 0. The largest absolute Gasteiger partial charge is 0.396 e. The van der Waals surface area contributed by atoms with Crippen LogP contribution in [0, 0.1) is 11.8 Å². The van der Waals surface area contributed by atoms with Crippen LogP contribution in [0.1, 0.15) is 0 Å². The molecule has 6 N–H and O–H groups in total. The van der Waals surface area contributed by atoms with E-state index in [2.05, 4.69) is 0 Å². The molecule has 0 aromatic carbocycles. The molecule has 0 aliphatic carbocycles. The molecule has 0 fully saturated rings. The number of hydrogen-bond donors (Lipinski definition) is 6. The lowest BCUT2D eigenvalue weighted by Crippen LogP contribution is -2.14. The summed E-state index contributed by atoms with van der Waals surface area (Å²) >= 11 is 0. The van der Waals surface area contributed by atoms with E-state index in [1.807, 2.05) is 0 Å². The predicted octanol–water partition coefficient (Wildman–Crippen LogP) is -2.84. The zero-order valence-corrected chi connectivity index (χ0v) is 8.08. The summed E-state index contributed by atoms with van der Waals surface area (Å²) < 4.78 is 0. The average Bonchev–Trinajstić information content (AvgIpc) is 2.24. The standard InChI is InChI=1S/2C4H10O3/c2*5-1-4(2-6)3-7/h2*4-7H,1-3H2. The summed E-state index contributed by atoms with van der Waals surface area (Å²) in [6, 6.07) is 0. The van der Waals surface area contributed by atoms with Gasteiger partial charge in [0, 0.05) is 11.8 Å². The quantitative estimate of drug-likeness (QED) is 0.282. The molecule has 0 heterocycles. The minimum absolute atomic E-state index is 0.146. The van der Waals surface area contributed by atoms with Crippen LogP contribution in [0.3, 0.4) is 0 Å². The molecule has 0 radical (unpaired) electrons. The molecule has 6 heteroatoms. The highest BCUT2D eigenvalue weighted by Crippen LogP contribution is 1.88. The van der Waals surface area contributed by atoms with Crippen molar-refractivity contribution in [3.8, 4) is 0 Å². The number of aliphatic hydroxyl groups excluding tert-OH is 6. The SMILES string of the molecule is OCC(CO)CO.OCC(CO)CO. The van der Waals surface area contributed by atoms with Gasteiger partial charge in [0.25, 0.3) is 0 Å². The molecule has 0 amide bonds. The van der Waals surface area contributed by atoms with Gasteiger partial charge in [-0.15, -0.1) is 0 Å². The van der Waals surface area contributed by atoms with Gasteiger partial charge >= 0.3 is 0 Å². The number of rotatable bonds is 6. The molecule has 0 saturated heterocycles. The first-order valence-electron chi connectivity index (χ1n) is 4.35. The van der Waals surface area contributed by atoms with Gasteiger partial charge in [-0.25, -0.2) is 0 Å². The Kier molecular flexibility index (Phi) is 14.8. The van der Waals surface area contributed by atoms with E-state index in [0.29, 0.717) is 0 Å². The lowest BCUT2D eigenvalue weighted by molar-refractivity contribution is 0.0963. The van der Waals surface area contributed by atoms with E-state index in [4.69, 9.17) is 30.6 Å². The second kappa shape index (κ2) is 12.8. The third-order valence-corrected chi connectivity index (χ3v) is 1.55. The van der Waals surface area contributed by atoms with Gasteiger partial charge in [0.1, 0.15) is 0 Å². The molecule has 88 valence electrons. The molecule has 0 saturated carbocycles. The first-order valence-corrected chi connectivity index (χ1v) is 4.35. The summed E-state index contributed by atoms with van der Waals surface area (Å²) in [5.41, 5.74) is 0. The second-order valence-corrected chi connectivity index (χ2v) is 2.83. The van der Waals surface area contributed by atoms with Crippen molar-refractivity contribution in [2.45, 2.75) is 0 Å². The minimum Gasteiger partial charge on any atom is -0.396 e. The van der Waals surface area contributed by atoms with Crippen molar-refractivity contribution in [2.24, 2.45) is 11.8 Å². The summed E-state index contributed by atoms with van der Waals surface area (Å²) in [4.78, 5) is 0. The Hall–Kier alpha value is -0.240. The summed E-state index contributed by atoms with van der Waals surface area (Å²) in [5.74, 6) is -0.694. The van der Waals surface area contributed by atoms with Crippen molar-refractivity contribution >= 4 is 0 Å². The Balaban J connectivity index is 0. The van der Waals surface area contributed by atoms with E-state index in [1.165, 1.54) is 0 Å². The van der Waals surface area contributed by atoms with Crippen molar-refractivity contribution in [1.82, 2.24) is 0 Å². The van der Waals surface area contributed by atoms with Crippen LogP contribution < -0.4 is 0 Å². The Labute approximate surface area is 83.1 Å². The van der Waals surface area contributed by atoms with E-state index < -0.39 is 0 Å². The Morgan fingerprint density at radius 2 is 0.571 bits per heavy atom. The van der Waals surface area contributed by atoms with Crippen LogP contribution in [0.2, 0.25) is 0 Å². The molecule has 0 rings (SSSR count). The van der Waals surface area contributed by atoms with E-state index in [0.717, 1.165) is 0 Å². The molecular formula is C8H20O6. The van der Waals surface area contributed by atoms with Gasteiger partial charge in [0.05, 0.1) is 39.6 Å². The van der Waals surface area contributed by atoms with Crippen molar-refractivity contribution in [2.75, 3.05) is 39.6 Å². The lowest BCUT2D eigenvalue weighted by atomic mass is 10.2. The number of hydrogen-bond acceptors (Lipinski definition) is 6. The van der Waals surface area contributed by atoms with Crippen LogP contribution in [-0.2, 0) is 0 Å². The van der Waals surface area contributed by atoms with Crippen molar-refractivity contribution in [3.63, 3.8) is 0 Å². The molecule has 0 aliphatic heterocycles. The first kappa shape index (κ1) is 16.2. The first-order chi connectivity index (χ1) is 6.69. The third kappa shape index (κ3) is 9.85. The molecule has 0 unspecified atom stereocenters. The Morgan fingerprint density at radius 1 is 0.429 bits per heavy atom. The maximum atomic E-state index is 8.21. The van der Waals surface area contributed by atoms with Crippen LogP contribution in [0.25, 0.3) is 0 Å². The van der Waals surface area contributed by atoms with Crippen LogP contribution >= 0.6 is 0 Å². The summed E-state index contributed by atoms with van der Waals surface area (Å²) in [6.07, 6.45) is 0. The van der Waals surface area contributed by atoms with E-state index in [1.54, 1.807) is 0 Å². The van der Waals surface area contributed by atoms with Crippen molar-refractivity contribution < 1.29 is 30.6 Å². The van der Waals surface area contributed by atoms with Gasteiger partial charge in [-0.1, -0.05) is 0 Å². The Morgan fingerprint density at radius 3 is 0.571 bits per heavy atom. The average molecular weight is 212 g/mol. The maximum Gasteiger partial charge on any atom is 0.0503 e. The smallest absolute Gasteiger partial charge is 0.0503 e. The van der Waals surface area contributed by atoms with E-state index in [-0.39, 0.29) is 51.5 Å². The molecule has 14 heavy (non-hydrogen) atoms. The second-order valence-electron chi connectivity index (χ2n) is 2.83. The zero-order valence-electron chi connectivity index (χ0n) is 8.08. The molecular weight excluding hydrogens is 192 g/mol. The molecule has 0 aromatic heterocycles. The van der Waals surface area contributed by atoms with Crippen LogP contribution in [-0.4, -0.2) is 70.3 Å². The fourth-order valence-corrected chi connectivity index (χ4v) is 0.346. The fraction of sp³-hybridized carbons (Fsp3) is 1.00. The van der Waals surface area contributed by atoms with Gasteiger partial charge in [-0.2, -0.15) is 0 Å². The Bertz CT molecular complexity index is 68.8. The maximum absolute atomic E-state index is 8.21. The number of aliphatic hydroxyl groups is 6. The topological polar surface area (TPSA) is 121 Å². The monoisotopic (exact) mass is 212 g/mol. The highest BCUT2D eigenvalue weighted by molar-refractivity contribution is 4.49. The van der Waals surface area contributed by atoms with Crippen LogP contribution in [0.5, 0.6) is 0 Å². The highest BCUT2D eigenvalue weighted by atomic mass is 16.3. The molecule has 0 bridgehead atoms. The summed E-state index contributed by atoms with van der Waals surface area (Å²) in [6.45, 7) is -0.875. The fourth-order valence-electron chi connectivity index (χ4n) is 0.346. The van der Waals surface area contributed by atoms with E-state index >= 15 is 0 Å². The van der Waals surface area contributed by atoms with Crippen LogP contribution in [0.4, 0.5) is 0 Å². The van der Waals surface area contributed by atoms with Gasteiger partial charge < -0.3 is 30.6 Å². The third-order valence-electron chi connectivity index (χ3n) is 1.55. The predicted molar refractivity (Wildman–Crippen MR) is 49.5 cm³/mol.